The first-order chi connectivity index (χ1) is 28.8. The fourth-order valence-electron chi connectivity index (χ4n) is 8.66. The quantitative estimate of drug-likeness (QED) is 0.151. The fourth-order valence-corrected chi connectivity index (χ4v) is 8.66. The van der Waals surface area contributed by atoms with Gasteiger partial charge < -0.3 is 9.32 Å². The van der Waals surface area contributed by atoms with Gasteiger partial charge in [-0.1, -0.05) is 176 Å². The Balaban J connectivity index is 1.04. The van der Waals surface area contributed by atoms with Gasteiger partial charge in [0.25, 0.3) is 0 Å². The molecule has 58 heavy (non-hydrogen) atoms. The monoisotopic (exact) mass is 739 g/mol. The van der Waals surface area contributed by atoms with E-state index in [4.69, 9.17) is 4.42 Å². The van der Waals surface area contributed by atoms with Gasteiger partial charge in [-0.2, -0.15) is 0 Å². The minimum atomic E-state index is 0.892. The summed E-state index contributed by atoms with van der Waals surface area (Å²) in [6.07, 6.45) is 0. The maximum atomic E-state index is 6.61. The van der Waals surface area contributed by atoms with Gasteiger partial charge in [0.15, 0.2) is 0 Å². The largest absolute Gasteiger partial charge is 0.455 e. The van der Waals surface area contributed by atoms with E-state index < -0.39 is 0 Å². The summed E-state index contributed by atoms with van der Waals surface area (Å²) in [5, 5.41) is 7.18. The lowest BCUT2D eigenvalue weighted by molar-refractivity contribution is 0.670. The first-order valence-electron chi connectivity index (χ1n) is 19.8. The molecule has 0 bridgehead atoms. The Labute approximate surface area is 337 Å². The predicted molar refractivity (Wildman–Crippen MR) is 245 cm³/mol. The highest BCUT2D eigenvalue weighted by molar-refractivity contribution is 6.16. The van der Waals surface area contributed by atoms with Crippen LogP contribution < -0.4 is 4.90 Å². The van der Waals surface area contributed by atoms with Gasteiger partial charge >= 0.3 is 0 Å². The zero-order chi connectivity index (χ0) is 38.4. The summed E-state index contributed by atoms with van der Waals surface area (Å²) in [7, 11) is 0. The van der Waals surface area contributed by atoms with Crippen LogP contribution >= 0.6 is 0 Å². The first kappa shape index (κ1) is 33.6. The van der Waals surface area contributed by atoms with E-state index in [0.717, 1.165) is 61.3 Å². The Morgan fingerprint density at radius 1 is 0.310 bits per heavy atom. The molecule has 0 fully saturated rings. The van der Waals surface area contributed by atoms with E-state index in [2.05, 4.69) is 223 Å². The topological polar surface area (TPSA) is 16.4 Å². The molecule has 1 heterocycles. The number of hydrogen-bond acceptors (Lipinski definition) is 2. The normalized spacial score (nSPS) is 11.4. The molecule has 0 unspecified atom stereocenters. The van der Waals surface area contributed by atoms with Crippen LogP contribution in [0.1, 0.15) is 0 Å². The zero-order valence-electron chi connectivity index (χ0n) is 31.7. The van der Waals surface area contributed by atoms with E-state index in [1.165, 1.54) is 43.8 Å². The van der Waals surface area contributed by atoms with Crippen molar-refractivity contribution in [2.45, 2.75) is 0 Å². The van der Waals surface area contributed by atoms with E-state index in [0.29, 0.717) is 0 Å². The van der Waals surface area contributed by atoms with Crippen molar-refractivity contribution in [2.24, 2.45) is 0 Å². The van der Waals surface area contributed by atoms with Gasteiger partial charge in [0.05, 0.1) is 5.69 Å². The summed E-state index contributed by atoms with van der Waals surface area (Å²) in [4.78, 5) is 2.40. The van der Waals surface area contributed by atoms with Gasteiger partial charge in [0.1, 0.15) is 11.2 Å². The summed E-state index contributed by atoms with van der Waals surface area (Å²) >= 11 is 0. The molecule has 2 heteroatoms. The molecule has 0 aliphatic rings. The highest BCUT2D eigenvalue weighted by Gasteiger charge is 2.20. The number of fused-ring (bicyclic) bond motifs is 6. The van der Waals surface area contributed by atoms with Gasteiger partial charge in [0.2, 0.25) is 0 Å². The van der Waals surface area contributed by atoms with Crippen molar-refractivity contribution in [1.29, 1.82) is 0 Å². The lowest BCUT2D eigenvalue weighted by Crippen LogP contribution is -2.10. The second kappa shape index (κ2) is 14.1. The molecule has 0 N–H and O–H groups in total. The van der Waals surface area contributed by atoms with Gasteiger partial charge in [-0.15, -0.1) is 0 Å². The number of hydrogen-bond donors (Lipinski definition) is 0. The lowest BCUT2D eigenvalue weighted by Gasteiger charge is -2.27. The third-order valence-electron chi connectivity index (χ3n) is 11.5. The summed E-state index contributed by atoms with van der Waals surface area (Å²) < 4.78 is 6.61. The number of anilines is 3. The summed E-state index contributed by atoms with van der Waals surface area (Å²) in [5.74, 6) is 0. The van der Waals surface area contributed by atoms with Gasteiger partial charge in [0, 0.05) is 33.1 Å². The van der Waals surface area contributed by atoms with Crippen LogP contribution in [0.2, 0.25) is 0 Å². The van der Waals surface area contributed by atoms with Crippen LogP contribution in [0, 0.1) is 0 Å². The van der Waals surface area contributed by atoms with E-state index in [1.807, 2.05) is 6.07 Å². The van der Waals surface area contributed by atoms with Gasteiger partial charge in [-0.05, 0) is 104 Å². The third-order valence-corrected chi connectivity index (χ3v) is 11.5. The Morgan fingerprint density at radius 2 is 0.845 bits per heavy atom. The van der Waals surface area contributed by atoms with Crippen LogP contribution in [-0.4, -0.2) is 0 Å². The second-order valence-electron chi connectivity index (χ2n) is 14.9. The highest BCUT2D eigenvalue weighted by atomic mass is 16.3. The molecule has 11 rings (SSSR count). The van der Waals surface area contributed by atoms with E-state index >= 15 is 0 Å². The molecule has 0 radical (unpaired) electrons. The Bertz CT molecular complexity index is 3250. The van der Waals surface area contributed by atoms with Crippen molar-refractivity contribution >= 4 is 60.5 Å². The summed E-state index contributed by atoms with van der Waals surface area (Å²) in [6, 6.07) is 80.6. The molecule has 2 nitrogen and oxygen atoms in total. The Hall–Kier alpha value is -7.68. The lowest BCUT2D eigenvalue weighted by atomic mass is 9.94. The molecule has 0 saturated carbocycles. The van der Waals surface area contributed by atoms with Gasteiger partial charge in [-0.25, -0.2) is 0 Å². The first-order valence-corrected chi connectivity index (χ1v) is 19.8. The maximum absolute atomic E-state index is 6.61. The van der Waals surface area contributed by atoms with E-state index in [9.17, 15) is 0 Å². The van der Waals surface area contributed by atoms with Crippen LogP contribution in [-0.2, 0) is 0 Å². The molecule has 0 aliphatic carbocycles. The molecule has 0 spiro atoms. The molecule has 272 valence electrons. The summed E-state index contributed by atoms with van der Waals surface area (Å²) in [6.45, 7) is 0. The predicted octanol–water partition coefficient (Wildman–Crippen LogP) is 16.0. The minimum Gasteiger partial charge on any atom is -0.455 e. The molecule has 0 saturated heterocycles. The average molecular weight is 740 g/mol. The van der Waals surface area contributed by atoms with Crippen molar-refractivity contribution in [3.8, 4) is 44.5 Å². The van der Waals surface area contributed by atoms with E-state index in [1.54, 1.807) is 0 Å². The average Bonchev–Trinajstić information content (AvgIpc) is 3.70. The highest BCUT2D eigenvalue weighted by Crippen LogP contribution is 2.44. The number of para-hydroxylation sites is 1. The minimum absolute atomic E-state index is 0.892. The van der Waals surface area contributed by atoms with Gasteiger partial charge in [-0.3, -0.25) is 0 Å². The van der Waals surface area contributed by atoms with Crippen LogP contribution in [0.3, 0.4) is 0 Å². The third kappa shape index (κ3) is 5.82. The molecule has 0 aliphatic heterocycles. The molecule has 0 atom stereocenters. The van der Waals surface area contributed by atoms with Crippen molar-refractivity contribution in [3.05, 3.63) is 224 Å². The van der Waals surface area contributed by atoms with Crippen LogP contribution in [0.15, 0.2) is 229 Å². The van der Waals surface area contributed by atoms with Crippen LogP contribution in [0.5, 0.6) is 0 Å². The maximum Gasteiger partial charge on any atom is 0.143 e. The molecular formula is C56H37NO. The van der Waals surface area contributed by atoms with Crippen molar-refractivity contribution in [3.63, 3.8) is 0 Å². The Morgan fingerprint density at radius 3 is 1.59 bits per heavy atom. The molecule has 1 aromatic heterocycles. The molecular weight excluding hydrogens is 703 g/mol. The van der Waals surface area contributed by atoms with Crippen molar-refractivity contribution in [2.75, 3.05) is 4.90 Å². The zero-order valence-corrected chi connectivity index (χ0v) is 31.7. The fraction of sp³-hybridized carbons (Fsp3) is 0. The standard InChI is InChI=1S/C56H37NO/c1-3-13-38(14-4-1)43-18-11-19-44(37-43)39-25-30-45(31-26-39)57(53-23-12-22-50-47-20-8-7-17-41(47)29-34-51(50)53)46-32-27-42(28-33-46)48-35-36-49(40-15-5-2-6-16-40)56-55(48)52-21-9-10-24-54(52)58-56/h1-37H. The molecule has 11 aromatic rings. The molecule has 10 aromatic carbocycles. The van der Waals surface area contributed by atoms with E-state index in [-0.39, 0.29) is 0 Å². The van der Waals surface area contributed by atoms with Crippen LogP contribution in [0.25, 0.3) is 88.0 Å². The number of benzene rings is 10. The van der Waals surface area contributed by atoms with Crippen molar-refractivity contribution in [1.82, 2.24) is 0 Å². The smallest absolute Gasteiger partial charge is 0.143 e. The van der Waals surface area contributed by atoms with Crippen LogP contribution in [0.4, 0.5) is 17.1 Å². The number of rotatable bonds is 7. The summed E-state index contributed by atoms with van der Waals surface area (Å²) in [5.41, 5.74) is 14.4. The Kier molecular flexibility index (Phi) is 8.19. The SMILES string of the molecule is c1ccc(-c2cccc(-c3ccc(N(c4ccc(-c5ccc(-c6ccccc6)c6oc7ccccc7c56)cc4)c4cccc5c4ccc4ccccc45)cc3)c2)cc1. The second-order valence-corrected chi connectivity index (χ2v) is 14.9. The number of furan rings is 1. The number of nitrogens with zero attached hydrogens (tertiary/aromatic N) is 1. The van der Waals surface area contributed by atoms with Crippen molar-refractivity contribution < 1.29 is 4.42 Å². The molecule has 0 amide bonds.